The minimum absolute atomic E-state index is 0. The van der Waals surface area contributed by atoms with Gasteiger partial charge < -0.3 is 10.0 Å². The van der Waals surface area contributed by atoms with Crippen LogP contribution >= 0.6 is 12.4 Å². The van der Waals surface area contributed by atoms with Crippen molar-refractivity contribution in [2.45, 2.75) is 13.0 Å². The topological polar surface area (TPSA) is 23.5 Å². The van der Waals surface area contributed by atoms with E-state index >= 15 is 0 Å². The lowest BCUT2D eigenvalue weighted by Gasteiger charge is -2.22. The first-order valence-electron chi connectivity index (χ1n) is 4.99. The first kappa shape index (κ1) is 14.4. The maximum atomic E-state index is 10.0. The monoisotopic (exact) mass is 229 g/mol. The molecule has 0 saturated carbocycles. The lowest BCUT2D eigenvalue weighted by Crippen LogP contribution is -2.24. The van der Waals surface area contributed by atoms with Crippen LogP contribution in [0.1, 0.15) is 18.6 Å². The molecule has 2 atom stereocenters. The molecule has 0 spiro atoms. The van der Waals surface area contributed by atoms with Gasteiger partial charge in [0.15, 0.2) is 0 Å². The second kappa shape index (κ2) is 6.83. The Labute approximate surface area is 98.3 Å². The van der Waals surface area contributed by atoms with Gasteiger partial charge in [0.1, 0.15) is 0 Å². The Bertz CT molecular complexity index is 264. The molecular formula is C12H20ClNO. The molecule has 2 unspecified atom stereocenters. The Hall–Kier alpha value is -0.570. The van der Waals surface area contributed by atoms with Crippen LogP contribution in [-0.4, -0.2) is 30.6 Å². The number of hydrogen-bond acceptors (Lipinski definition) is 2. The van der Waals surface area contributed by atoms with Gasteiger partial charge in [0.25, 0.3) is 0 Å². The van der Waals surface area contributed by atoms with Crippen LogP contribution in [0.3, 0.4) is 0 Å². The van der Waals surface area contributed by atoms with Crippen LogP contribution in [-0.2, 0) is 0 Å². The van der Waals surface area contributed by atoms with Gasteiger partial charge in [-0.2, -0.15) is 0 Å². The molecule has 2 nitrogen and oxygen atoms in total. The number of halogens is 1. The lowest BCUT2D eigenvalue weighted by atomic mass is 9.97. The van der Waals surface area contributed by atoms with Gasteiger partial charge in [0.05, 0.1) is 6.10 Å². The smallest absolute Gasteiger partial charge is 0.0827 e. The maximum absolute atomic E-state index is 10.0. The second-order valence-electron chi connectivity index (χ2n) is 4.10. The average Bonchev–Trinajstić information content (AvgIpc) is 2.17. The van der Waals surface area contributed by atoms with E-state index in [0.29, 0.717) is 0 Å². The molecule has 1 aromatic carbocycles. The molecule has 15 heavy (non-hydrogen) atoms. The summed E-state index contributed by atoms with van der Waals surface area (Å²) in [7, 11) is 4.04. The van der Waals surface area contributed by atoms with Crippen LogP contribution in [0.5, 0.6) is 0 Å². The number of hydrogen-bond donors (Lipinski definition) is 1. The minimum atomic E-state index is -0.362. The molecule has 0 aromatic heterocycles. The zero-order chi connectivity index (χ0) is 10.6. The third kappa shape index (κ3) is 4.65. The third-order valence-corrected chi connectivity index (χ3v) is 2.33. The van der Waals surface area contributed by atoms with E-state index in [1.54, 1.807) is 0 Å². The Kier molecular flexibility index (Phi) is 6.57. The highest BCUT2D eigenvalue weighted by molar-refractivity contribution is 5.85. The Morgan fingerprint density at radius 1 is 1.20 bits per heavy atom. The molecule has 1 rings (SSSR count). The summed E-state index contributed by atoms with van der Waals surface area (Å²) in [5.74, 6) is 0.257. The van der Waals surface area contributed by atoms with Gasteiger partial charge in [-0.05, 0) is 25.6 Å². The van der Waals surface area contributed by atoms with Gasteiger partial charge in [-0.25, -0.2) is 0 Å². The summed E-state index contributed by atoms with van der Waals surface area (Å²) in [6.45, 7) is 2.97. The molecule has 0 amide bonds. The van der Waals surface area contributed by atoms with Gasteiger partial charge in [0, 0.05) is 6.54 Å². The van der Waals surface area contributed by atoms with E-state index in [1.165, 1.54) is 0 Å². The predicted molar refractivity (Wildman–Crippen MR) is 66.4 cm³/mol. The van der Waals surface area contributed by atoms with Crippen molar-refractivity contribution in [3.05, 3.63) is 35.9 Å². The fourth-order valence-corrected chi connectivity index (χ4v) is 1.65. The molecular weight excluding hydrogens is 210 g/mol. The minimum Gasteiger partial charge on any atom is -0.388 e. The summed E-state index contributed by atoms with van der Waals surface area (Å²) >= 11 is 0. The van der Waals surface area contributed by atoms with Crippen LogP contribution in [0.4, 0.5) is 0 Å². The first-order chi connectivity index (χ1) is 6.61. The largest absolute Gasteiger partial charge is 0.388 e. The SMILES string of the molecule is CC(CN(C)C)C(O)c1ccccc1.Cl. The Balaban J connectivity index is 0.00000196. The molecule has 1 aromatic rings. The molecule has 0 saturated heterocycles. The zero-order valence-corrected chi connectivity index (χ0v) is 10.4. The Morgan fingerprint density at radius 2 is 1.73 bits per heavy atom. The highest BCUT2D eigenvalue weighted by atomic mass is 35.5. The predicted octanol–water partition coefficient (Wildman–Crippen LogP) is 2.34. The van der Waals surface area contributed by atoms with Crippen molar-refractivity contribution in [1.82, 2.24) is 4.90 Å². The Morgan fingerprint density at radius 3 is 2.20 bits per heavy atom. The zero-order valence-electron chi connectivity index (χ0n) is 9.55. The van der Waals surface area contributed by atoms with Crippen molar-refractivity contribution in [2.75, 3.05) is 20.6 Å². The summed E-state index contributed by atoms with van der Waals surface area (Å²) in [5.41, 5.74) is 1.00. The molecule has 0 aliphatic rings. The fourth-order valence-electron chi connectivity index (χ4n) is 1.65. The van der Waals surface area contributed by atoms with Gasteiger partial charge in [-0.3, -0.25) is 0 Å². The molecule has 1 N–H and O–H groups in total. The summed E-state index contributed by atoms with van der Waals surface area (Å²) in [5, 5.41) is 10.0. The molecule has 3 heteroatoms. The molecule has 0 heterocycles. The number of aliphatic hydroxyl groups excluding tert-OH is 1. The molecule has 0 aliphatic heterocycles. The van der Waals surface area contributed by atoms with Crippen molar-refractivity contribution in [3.63, 3.8) is 0 Å². The third-order valence-electron chi connectivity index (χ3n) is 2.33. The summed E-state index contributed by atoms with van der Waals surface area (Å²) < 4.78 is 0. The van der Waals surface area contributed by atoms with Crippen molar-refractivity contribution < 1.29 is 5.11 Å². The van der Waals surface area contributed by atoms with Crippen molar-refractivity contribution in [1.29, 1.82) is 0 Å². The molecule has 0 bridgehead atoms. The first-order valence-corrected chi connectivity index (χ1v) is 4.99. The molecule has 86 valence electrons. The van der Waals surface area contributed by atoms with Gasteiger partial charge in [-0.1, -0.05) is 37.3 Å². The maximum Gasteiger partial charge on any atom is 0.0827 e. The average molecular weight is 230 g/mol. The number of aliphatic hydroxyl groups is 1. The van der Waals surface area contributed by atoms with Crippen molar-refractivity contribution in [3.8, 4) is 0 Å². The molecule has 0 radical (unpaired) electrons. The van der Waals surface area contributed by atoms with E-state index in [2.05, 4.69) is 11.8 Å². The summed E-state index contributed by atoms with van der Waals surface area (Å²) in [4.78, 5) is 2.09. The standard InChI is InChI=1S/C12H19NO.ClH/c1-10(9-13(2)3)12(14)11-7-5-4-6-8-11;/h4-8,10,12,14H,9H2,1-3H3;1H. The fraction of sp³-hybridized carbons (Fsp3) is 0.500. The molecule has 0 aliphatic carbocycles. The van der Waals surface area contributed by atoms with E-state index in [1.807, 2.05) is 44.4 Å². The number of rotatable bonds is 4. The van der Waals surface area contributed by atoms with E-state index < -0.39 is 0 Å². The lowest BCUT2D eigenvalue weighted by molar-refractivity contribution is 0.100. The van der Waals surface area contributed by atoms with E-state index in [4.69, 9.17) is 0 Å². The quantitative estimate of drug-likeness (QED) is 0.857. The summed E-state index contributed by atoms with van der Waals surface area (Å²) in [6.07, 6.45) is -0.362. The van der Waals surface area contributed by atoms with Crippen LogP contribution in [0.2, 0.25) is 0 Å². The normalized spacial score (nSPS) is 14.5. The van der Waals surface area contributed by atoms with Crippen molar-refractivity contribution in [2.24, 2.45) is 5.92 Å². The van der Waals surface area contributed by atoms with Gasteiger partial charge >= 0.3 is 0 Å². The van der Waals surface area contributed by atoms with E-state index in [0.717, 1.165) is 12.1 Å². The highest BCUT2D eigenvalue weighted by Crippen LogP contribution is 2.21. The van der Waals surface area contributed by atoms with Crippen LogP contribution in [0, 0.1) is 5.92 Å². The van der Waals surface area contributed by atoms with Crippen LogP contribution in [0.25, 0.3) is 0 Å². The highest BCUT2D eigenvalue weighted by Gasteiger charge is 2.16. The molecule has 0 fully saturated rings. The van der Waals surface area contributed by atoms with Crippen LogP contribution in [0.15, 0.2) is 30.3 Å². The van der Waals surface area contributed by atoms with E-state index in [-0.39, 0.29) is 24.4 Å². The second-order valence-corrected chi connectivity index (χ2v) is 4.10. The van der Waals surface area contributed by atoms with Gasteiger partial charge in [-0.15, -0.1) is 12.4 Å². The van der Waals surface area contributed by atoms with Crippen molar-refractivity contribution >= 4 is 12.4 Å². The van der Waals surface area contributed by atoms with E-state index in [9.17, 15) is 5.11 Å². The summed E-state index contributed by atoms with van der Waals surface area (Å²) in [6, 6.07) is 9.82. The number of benzene rings is 1. The number of nitrogens with zero attached hydrogens (tertiary/aromatic N) is 1. The van der Waals surface area contributed by atoms with Crippen LogP contribution < -0.4 is 0 Å². The van der Waals surface area contributed by atoms with Gasteiger partial charge in [0.2, 0.25) is 0 Å².